The van der Waals surface area contributed by atoms with E-state index in [1.54, 1.807) is 31.3 Å². The molecule has 1 heterocycles. The van der Waals surface area contributed by atoms with E-state index < -0.39 is 33.2 Å². The molecule has 0 saturated heterocycles. The highest BCUT2D eigenvalue weighted by Gasteiger charge is 2.49. The van der Waals surface area contributed by atoms with Crippen LogP contribution < -0.4 is 4.18 Å². The molecule has 10 heteroatoms. The summed E-state index contributed by atoms with van der Waals surface area (Å²) in [5, 5.41) is 0.511. The molecule has 0 N–H and O–H groups in total. The molecule has 146 valence electrons. The van der Waals surface area contributed by atoms with Crippen molar-refractivity contribution in [3.8, 4) is 5.75 Å². The Morgan fingerprint density at radius 1 is 1.19 bits per heavy atom. The Morgan fingerprint density at radius 3 is 2.41 bits per heavy atom. The predicted molar refractivity (Wildman–Crippen MR) is 91.6 cm³/mol. The van der Waals surface area contributed by atoms with E-state index in [4.69, 9.17) is 11.6 Å². The summed E-state index contributed by atoms with van der Waals surface area (Å²) in [6.07, 6.45) is 0.457. The maximum atomic E-state index is 14.2. The molecular weight excluding hydrogens is 410 g/mol. The van der Waals surface area contributed by atoms with Crippen LogP contribution in [0, 0.1) is 5.82 Å². The summed E-state index contributed by atoms with van der Waals surface area (Å²) >= 11 is 5.89. The minimum atomic E-state index is -5.97. The lowest BCUT2D eigenvalue weighted by Gasteiger charge is -2.35. The van der Waals surface area contributed by atoms with Gasteiger partial charge in [-0.25, -0.2) is 4.39 Å². The van der Waals surface area contributed by atoms with Crippen molar-refractivity contribution in [2.24, 2.45) is 0 Å². The first-order valence-corrected chi connectivity index (χ1v) is 9.57. The number of halogens is 5. The third-order valence-corrected chi connectivity index (χ3v) is 5.55. The zero-order valence-corrected chi connectivity index (χ0v) is 15.5. The SMILES string of the molecule is CN1CCc2cc(F)c(OS(=O)(=O)C(F)(F)F)cc2C1c1ccc(Cl)cc1. The van der Waals surface area contributed by atoms with E-state index in [0.717, 1.165) is 17.7 Å². The Bertz CT molecular complexity index is 961. The lowest BCUT2D eigenvalue weighted by molar-refractivity contribution is -0.0501. The van der Waals surface area contributed by atoms with Gasteiger partial charge in [0.15, 0.2) is 11.6 Å². The first kappa shape index (κ1) is 19.9. The Hall–Kier alpha value is -1.84. The maximum absolute atomic E-state index is 14.2. The average Bonchev–Trinajstić information content (AvgIpc) is 2.56. The van der Waals surface area contributed by atoms with Gasteiger partial charge in [-0.05, 0) is 54.4 Å². The molecular formula is C17H14ClF4NO3S. The average molecular weight is 424 g/mol. The predicted octanol–water partition coefficient (Wildman–Crippen LogP) is 4.28. The van der Waals surface area contributed by atoms with E-state index >= 15 is 0 Å². The zero-order chi connectivity index (χ0) is 20.0. The molecule has 4 nitrogen and oxygen atoms in total. The Morgan fingerprint density at radius 2 is 1.81 bits per heavy atom. The lowest BCUT2D eigenvalue weighted by Crippen LogP contribution is -2.33. The van der Waals surface area contributed by atoms with Crippen LogP contribution in [0.2, 0.25) is 5.02 Å². The number of alkyl halides is 3. The van der Waals surface area contributed by atoms with Gasteiger partial charge in [-0.2, -0.15) is 21.6 Å². The molecule has 0 aromatic heterocycles. The van der Waals surface area contributed by atoms with Gasteiger partial charge in [0.1, 0.15) is 0 Å². The van der Waals surface area contributed by atoms with E-state index in [0.29, 0.717) is 29.1 Å². The van der Waals surface area contributed by atoms with E-state index in [1.807, 2.05) is 4.90 Å². The van der Waals surface area contributed by atoms with Gasteiger partial charge in [-0.3, -0.25) is 4.90 Å². The van der Waals surface area contributed by atoms with Crippen molar-refractivity contribution in [1.82, 2.24) is 4.90 Å². The van der Waals surface area contributed by atoms with E-state index in [9.17, 15) is 26.0 Å². The molecule has 0 fully saturated rings. The monoisotopic (exact) mass is 423 g/mol. The van der Waals surface area contributed by atoms with Crippen LogP contribution in [-0.4, -0.2) is 32.4 Å². The Kier molecular flexibility index (Phi) is 5.13. The smallest absolute Gasteiger partial charge is 0.373 e. The highest BCUT2D eigenvalue weighted by atomic mass is 35.5. The van der Waals surface area contributed by atoms with Gasteiger partial charge >= 0.3 is 15.6 Å². The fraction of sp³-hybridized carbons (Fsp3) is 0.294. The van der Waals surface area contributed by atoms with E-state index in [-0.39, 0.29) is 0 Å². The highest BCUT2D eigenvalue weighted by molar-refractivity contribution is 7.88. The fourth-order valence-electron chi connectivity index (χ4n) is 3.05. The Balaban J connectivity index is 2.08. The summed E-state index contributed by atoms with van der Waals surface area (Å²) in [5.41, 5.74) is -3.83. The zero-order valence-electron chi connectivity index (χ0n) is 13.9. The van der Waals surface area contributed by atoms with Crippen molar-refractivity contribution in [3.63, 3.8) is 0 Å². The molecule has 0 bridgehead atoms. The van der Waals surface area contributed by atoms with Crippen LogP contribution in [0.3, 0.4) is 0 Å². The fourth-order valence-corrected chi connectivity index (χ4v) is 3.64. The van der Waals surface area contributed by atoms with Crippen LogP contribution >= 0.6 is 11.6 Å². The van der Waals surface area contributed by atoms with Gasteiger partial charge in [0.2, 0.25) is 0 Å². The van der Waals surface area contributed by atoms with Crippen LogP contribution in [0.4, 0.5) is 17.6 Å². The maximum Gasteiger partial charge on any atom is 0.534 e. The molecule has 0 spiro atoms. The summed E-state index contributed by atoms with van der Waals surface area (Å²) in [6, 6.07) is 8.43. The Labute approximate surface area is 158 Å². The second-order valence-electron chi connectivity index (χ2n) is 6.15. The third-order valence-electron chi connectivity index (χ3n) is 4.33. The van der Waals surface area contributed by atoms with Gasteiger partial charge in [0.25, 0.3) is 0 Å². The summed E-state index contributed by atoms with van der Waals surface area (Å²) < 4.78 is 78.5. The van der Waals surface area contributed by atoms with Crippen molar-refractivity contribution in [2.45, 2.75) is 18.0 Å². The summed E-state index contributed by atoms with van der Waals surface area (Å²) in [4.78, 5) is 1.92. The second-order valence-corrected chi connectivity index (χ2v) is 8.12. The molecule has 0 saturated carbocycles. The summed E-state index contributed by atoms with van der Waals surface area (Å²) in [6.45, 7) is 0.584. The molecule has 1 atom stereocenters. The first-order valence-electron chi connectivity index (χ1n) is 7.78. The minimum absolute atomic E-state index is 0.414. The number of likely N-dealkylation sites (N-methyl/N-ethyl adjacent to an activating group) is 1. The molecule has 1 aliphatic heterocycles. The number of hydrogen-bond acceptors (Lipinski definition) is 4. The third kappa shape index (κ3) is 3.90. The van der Waals surface area contributed by atoms with Crippen LogP contribution in [0.1, 0.15) is 22.7 Å². The molecule has 27 heavy (non-hydrogen) atoms. The van der Waals surface area contributed by atoms with Crippen LogP contribution in [-0.2, 0) is 16.5 Å². The molecule has 1 unspecified atom stereocenters. The molecule has 2 aromatic carbocycles. The largest absolute Gasteiger partial charge is 0.534 e. The van der Waals surface area contributed by atoms with Gasteiger partial charge in [-0.15, -0.1) is 0 Å². The van der Waals surface area contributed by atoms with Crippen LogP contribution in [0.5, 0.6) is 5.75 Å². The molecule has 0 amide bonds. The molecule has 0 aliphatic carbocycles. The topological polar surface area (TPSA) is 46.6 Å². The van der Waals surface area contributed by atoms with E-state index in [2.05, 4.69) is 4.18 Å². The van der Waals surface area contributed by atoms with Crippen molar-refractivity contribution < 1.29 is 30.2 Å². The number of rotatable bonds is 3. The lowest BCUT2D eigenvalue weighted by atomic mass is 9.88. The normalized spacial score (nSPS) is 18.2. The van der Waals surface area contributed by atoms with Gasteiger partial charge in [0.05, 0.1) is 6.04 Å². The van der Waals surface area contributed by atoms with Gasteiger partial charge in [0, 0.05) is 11.6 Å². The number of benzene rings is 2. The van der Waals surface area contributed by atoms with Crippen molar-refractivity contribution in [2.75, 3.05) is 13.6 Å². The summed E-state index contributed by atoms with van der Waals surface area (Å²) in [5.74, 6) is -2.15. The summed E-state index contributed by atoms with van der Waals surface area (Å²) in [7, 11) is -4.17. The van der Waals surface area contributed by atoms with Crippen molar-refractivity contribution in [1.29, 1.82) is 0 Å². The molecule has 1 aliphatic rings. The number of nitrogens with zero attached hydrogens (tertiary/aromatic N) is 1. The first-order chi connectivity index (χ1) is 12.5. The van der Waals surface area contributed by atoms with E-state index in [1.165, 1.54) is 0 Å². The second kappa shape index (κ2) is 6.96. The highest BCUT2D eigenvalue weighted by Crippen LogP contribution is 2.38. The number of hydrogen-bond donors (Lipinski definition) is 0. The van der Waals surface area contributed by atoms with Crippen molar-refractivity contribution in [3.05, 3.63) is 63.9 Å². The molecule has 2 aromatic rings. The molecule has 0 radical (unpaired) electrons. The molecule has 3 rings (SSSR count). The number of fused-ring (bicyclic) bond motifs is 1. The van der Waals surface area contributed by atoms with Crippen LogP contribution in [0.25, 0.3) is 0 Å². The van der Waals surface area contributed by atoms with Gasteiger partial charge in [-0.1, -0.05) is 23.7 Å². The van der Waals surface area contributed by atoms with Crippen molar-refractivity contribution >= 4 is 21.7 Å². The standard InChI is InChI=1S/C17H14ClF4NO3S/c1-23-7-6-11-8-14(19)15(26-27(24,25)17(20,21)22)9-13(11)16(23)10-2-4-12(18)5-3-10/h2-5,8-9,16H,6-7H2,1H3. The minimum Gasteiger partial charge on any atom is -0.373 e. The van der Waals surface area contributed by atoms with Gasteiger partial charge < -0.3 is 4.18 Å². The van der Waals surface area contributed by atoms with Crippen LogP contribution in [0.15, 0.2) is 36.4 Å². The quantitative estimate of drug-likeness (QED) is 0.420.